The number of hydrogen-bond donors (Lipinski definition) is 1. The molecule has 0 aliphatic carbocycles. The second kappa shape index (κ2) is 8.00. The molecular weight excluding hydrogens is 411 g/mol. The Balaban J connectivity index is 1.68. The highest BCUT2D eigenvalue weighted by atomic mass is 35.5. The van der Waals surface area contributed by atoms with Crippen LogP contribution in [0.5, 0.6) is 0 Å². The average molecular weight is 427 g/mol. The normalized spacial score (nSPS) is 11.0. The molecule has 1 aromatic carbocycles. The smallest absolute Gasteiger partial charge is 0.234 e. The number of halogens is 2. The van der Waals surface area contributed by atoms with E-state index in [2.05, 4.69) is 34.7 Å². The minimum absolute atomic E-state index is 0.189. The van der Waals surface area contributed by atoms with Crippen LogP contribution >= 0.6 is 46.3 Å². The Labute approximate surface area is 169 Å². The second-order valence-electron chi connectivity index (χ2n) is 5.63. The number of aromatic nitrogens is 3. The van der Waals surface area contributed by atoms with Gasteiger partial charge < -0.3 is 9.88 Å². The third kappa shape index (κ3) is 3.91. The molecule has 3 rings (SSSR count). The Bertz CT molecular complexity index is 968. The van der Waals surface area contributed by atoms with Crippen molar-refractivity contribution in [1.29, 1.82) is 0 Å². The second-order valence-corrected chi connectivity index (χ2v) is 8.45. The molecule has 0 fully saturated rings. The van der Waals surface area contributed by atoms with Gasteiger partial charge in [0.15, 0.2) is 11.0 Å². The zero-order valence-electron chi connectivity index (χ0n) is 14.3. The molecule has 0 saturated carbocycles. The highest BCUT2D eigenvalue weighted by molar-refractivity contribution is 7.99. The predicted octanol–water partition coefficient (Wildman–Crippen LogP) is 5.20. The summed E-state index contributed by atoms with van der Waals surface area (Å²) >= 11 is 15.1. The Hall–Kier alpha value is -1.54. The Morgan fingerprint density at radius 2 is 2.08 bits per heavy atom. The van der Waals surface area contributed by atoms with Crippen LogP contribution in [0.1, 0.15) is 10.4 Å². The van der Waals surface area contributed by atoms with E-state index in [0.29, 0.717) is 20.9 Å². The maximum atomic E-state index is 12.2. The summed E-state index contributed by atoms with van der Waals surface area (Å²) in [4.78, 5) is 13.5. The number of nitrogens with zero attached hydrogens (tertiary/aromatic N) is 3. The minimum atomic E-state index is -0.189. The molecule has 2 aromatic heterocycles. The van der Waals surface area contributed by atoms with Crippen LogP contribution in [0.2, 0.25) is 10.0 Å². The van der Waals surface area contributed by atoms with Crippen molar-refractivity contribution >= 4 is 57.9 Å². The monoisotopic (exact) mass is 426 g/mol. The molecular formula is C17H16Cl2N4OS2. The third-order valence-corrected chi connectivity index (χ3v) is 6.77. The summed E-state index contributed by atoms with van der Waals surface area (Å²) in [5.41, 5.74) is 2.77. The van der Waals surface area contributed by atoms with E-state index in [9.17, 15) is 4.79 Å². The van der Waals surface area contributed by atoms with Gasteiger partial charge in [-0.2, -0.15) is 0 Å². The van der Waals surface area contributed by atoms with Crippen LogP contribution in [0.15, 0.2) is 28.7 Å². The maximum Gasteiger partial charge on any atom is 0.234 e. The van der Waals surface area contributed by atoms with Gasteiger partial charge in [-0.1, -0.05) is 41.0 Å². The molecule has 0 radical (unpaired) electrons. The van der Waals surface area contributed by atoms with E-state index in [1.54, 1.807) is 29.5 Å². The molecule has 5 nitrogen and oxygen atoms in total. The van der Waals surface area contributed by atoms with Crippen LogP contribution in [0.3, 0.4) is 0 Å². The van der Waals surface area contributed by atoms with Gasteiger partial charge in [-0.3, -0.25) is 4.79 Å². The molecule has 0 spiro atoms. The fraction of sp³-hybridized carbons (Fsp3) is 0.235. The number of benzene rings is 1. The van der Waals surface area contributed by atoms with E-state index in [4.69, 9.17) is 23.2 Å². The quantitative estimate of drug-likeness (QED) is 0.569. The van der Waals surface area contributed by atoms with Crippen LogP contribution in [0.25, 0.3) is 11.4 Å². The molecule has 0 bridgehead atoms. The number of carbonyl (C=O) groups is 1. The maximum absolute atomic E-state index is 12.2. The van der Waals surface area contributed by atoms with Gasteiger partial charge in [-0.15, -0.1) is 21.5 Å². The molecule has 0 aliphatic heterocycles. The summed E-state index contributed by atoms with van der Waals surface area (Å²) in [5.74, 6) is 0.801. The summed E-state index contributed by atoms with van der Waals surface area (Å²) in [7, 11) is 1.90. The fourth-order valence-corrected chi connectivity index (χ4v) is 4.25. The molecule has 1 N–H and O–H groups in total. The van der Waals surface area contributed by atoms with Gasteiger partial charge in [0.25, 0.3) is 0 Å². The van der Waals surface area contributed by atoms with Crippen molar-refractivity contribution < 1.29 is 4.79 Å². The van der Waals surface area contributed by atoms with E-state index in [1.807, 2.05) is 11.6 Å². The molecule has 0 unspecified atom stereocenters. The Morgan fingerprint density at radius 3 is 2.77 bits per heavy atom. The highest BCUT2D eigenvalue weighted by Crippen LogP contribution is 2.31. The highest BCUT2D eigenvalue weighted by Gasteiger charge is 2.16. The number of nitrogens with one attached hydrogen (secondary N) is 1. The van der Waals surface area contributed by atoms with Gasteiger partial charge in [-0.25, -0.2) is 0 Å². The number of aryl methyl sites for hydroxylation is 1. The van der Waals surface area contributed by atoms with E-state index in [0.717, 1.165) is 11.4 Å². The van der Waals surface area contributed by atoms with Crippen LogP contribution in [0, 0.1) is 13.8 Å². The van der Waals surface area contributed by atoms with E-state index in [-0.39, 0.29) is 11.7 Å². The molecule has 0 aliphatic rings. The molecule has 2 heterocycles. The van der Waals surface area contributed by atoms with E-state index in [1.165, 1.54) is 22.2 Å². The lowest BCUT2D eigenvalue weighted by Gasteiger charge is -2.08. The first-order valence-electron chi connectivity index (χ1n) is 7.69. The summed E-state index contributed by atoms with van der Waals surface area (Å²) in [6.45, 7) is 4.16. The Kier molecular flexibility index (Phi) is 5.92. The third-order valence-electron chi connectivity index (χ3n) is 3.92. The predicted molar refractivity (Wildman–Crippen MR) is 110 cm³/mol. The van der Waals surface area contributed by atoms with Crippen LogP contribution < -0.4 is 5.32 Å². The van der Waals surface area contributed by atoms with Gasteiger partial charge in [0, 0.05) is 22.9 Å². The molecule has 26 heavy (non-hydrogen) atoms. The first-order valence-corrected chi connectivity index (χ1v) is 10.3. The largest absolute Gasteiger partial charge is 0.324 e. The van der Waals surface area contributed by atoms with Gasteiger partial charge in [-0.05, 0) is 31.5 Å². The number of anilines is 1. The SMILES string of the molecule is Cc1scc(-c2nnc(SCC(=O)Nc3cccc(Cl)c3Cl)n2C)c1C. The van der Waals surface area contributed by atoms with Crippen LogP contribution in [-0.2, 0) is 11.8 Å². The zero-order chi connectivity index (χ0) is 18.8. The van der Waals surface area contributed by atoms with E-state index < -0.39 is 0 Å². The molecule has 0 atom stereocenters. The molecule has 1 amide bonds. The summed E-state index contributed by atoms with van der Waals surface area (Å²) in [5, 5.41) is 14.7. The number of thiophene rings is 1. The average Bonchev–Trinajstić information content (AvgIpc) is 3.13. The van der Waals surface area contributed by atoms with Crippen LogP contribution in [-0.4, -0.2) is 26.4 Å². The van der Waals surface area contributed by atoms with Crippen molar-refractivity contribution in [2.45, 2.75) is 19.0 Å². The summed E-state index contributed by atoms with van der Waals surface area (Å²) in [6, 6.07) is 5.11. The minimum Gasteiger partial charge on any atom is -0.324 e. The van der Waals surface area contributed by atoms with Crippen molar-refractivity contribution in [3.8, 4) is 11.4 Å². The zero-order valence-corrected chi connectivity index (χ0v) is 17.5. The topological polar surface area (TPSA) is 59.8 Å². The lowest BCUT2D eigenvalue weighted by Crippen LogP contribution is -2.14. The standard InChI is InChI=1S/C17H16Cl2N4OS2/c1-9-10(2)25-7-11(9)16-21-22-17(23(16)3)26-8-14(24)20-13-6-4-5-12(18)15(13)19/h4-7H,8H2,1-3H3,(H,20,24). The van der Waals surface area contributed by atoms with Gasteiger partial charge in [0.2, 0.25) is 5.91 Å². The van der Waals surface area contributed by atoms with Crippen molar-refractivity contribution in [2.24, 2.45) is 7.05 Å². The lowest BCUT2D eigenvalue weighted by atomic mass is 10.2. The first kappa shape index (κ1) is 19.2. The first-order chi connectivity index (χ1) is 12.4. The number of rotatable bonds is 5. The van der Waals surface area contributed by atoms with Gasteiger partial charge >= 0.3 is 0 Å². The summed E-state index contributed by atoms with van der Waals surface area (Å²) in [6.07, 6.45) is 0. The van der Waals surface area contributed by atoms with Crippen LogP contribution in [0.4, 0.5) is 5.69 Å². The Morgan fingerprint density at radius 1 is 1.31 bits per heavy atom. The molecule has 3 aromatic rings. The number of thioether (sulfide) groups is 1. The summed E-state index contributed by atoms with van der Waals surface area (Å²) < 4.78 is 1.90. The molecule has 0 saturated heterocycles. The molecule has 9 heteroatoms. The fourth-order valence-electron chi connectivity index (χ4n) is 2.33. The van der Waals surface area contributed by atoms with Crippen molar-refractivity contribution in [3.63, 3.8) is 0 Å². The number of amides is 1. The van der Waals surface area contributed by atoms with Gasteiger partial charge in [0.05, 0.1) is 21.5 Å². The van der Waals surface area contributed by atoms with Crippen molar-refractivity contribution in [2.75, 3.05) is 11.1 Å². The van der Waals surface area contributed by atoms with E-state index >= 15 is 0 Å². The van der Waals surface area contributed by atoms with Gasteiger partial charge in [0.1, 0.15) is 0 Å². The number of carbonyl (C=O) groups excluding carboxylic acids is 1. The van der Waals surface area contributed by atoms with Crippen molar-refractivity contribution in [1.82, 2.24) is 14.8 Å². The molecule has 136 valence electrons. The lowest BCUT2D eigenvalue weighted by molar-refractivity contribution is -0.113. The number of hydrogen-bond acceptors (Lipinski definition) is 5. The van der Waals surface area contributed by atoms with Crippen molar-refractivity contribution in [3.05, 3.63) is 44.1 Å².